The van der Waals surface area contributed by atoms with Crippen LogP contribution >= 0.6 is 0 Å². The van der Waals surface area contributed by atoms with E-state index in [1.54, 1.807) is 6.26 Å². The van der Waals surface area contributed by atoms with Crippen LogP contribution in [0.15, 0.2) is 6.07 Å². The summed E-state index contributed by atoms with van der Waals surface area (Å²) in [5.41, 5.74) is 1.03. The number of rotatable bonds is 5. The van der Waals surface area contributed by atoms with Crippen molar-refractivity contribution in [1.29, 1.82) is 0 Å². The van der Waals surface area contributed by atoms with Gasteiger partial charge in [0.05, 0.1) is 0 Å². The molecule has 0 aliphatic rings. The molecule has 2 atom stereocenters. The number of nitrogens with one attached hydrogen (secondary N) is 1. The van der Waals surface area contributed by atoms with Crippen molar-refractivity contribution in [2.75, 3.05) is 18.1 Å². The topological polar surface area (TPSA) is 54.9 Å². The van der Waals surface area contributed by atoms with E-state index in [0.717, 1.165) is 23.8 Å². The summed E-state index contributed by atoms with van der Waals surface area (Å²) in [5.74, 6) is 1.59. The van der Waals surface area contributed by atoms with Crippen LogP contribution in [0.4, 0.5) is 5.82 Å². The number of hydrogen-bond acceptors (Lipinski definition) is 4. The Kier molecular flexibility index (Phi) is 4.86. The monoisotopic (exact) mass is 241 g/mol. The van der Waals surface area contributed by atoms with Crippen molar-refractivity contribution in [1.82, 2.24) is 9.97 Å². The molecule has 0 bridgehead atoms. The normalized spacial score (nSPS) is 14.5. The molecule has 0 radical (unpaired) electrons. The Morgan fingerprint density at radius 3 is 2.75 bits per heavy atom. The highest BCUT2D eigenvalue weighted by atomic mass is 32.2. The average molecular weight is 241 g/mol. The molecular weight excluding hydrogens is 222 g/mol. The Labute approximate surface area is 99.3 Å². The molecule has 0 aromatic carbocycles. The first-order valence-corrected chi connectivity index (χ1v) is 7.05. The van der Waals surface area contributed by atoms with E-state index in [2.05, 4.69) is 22.2 Å². The Morgan fingerprint density at radius 1 is 1.50 bits per heavy atom. The molecule has 0 amide bonds. The summed E-state index contributed by atoms with van der Waals surface area (Å²) in [4.78, 5) is 8.60. The van der Waals surface area contributed by atoms with Crippen LogP contribution in [0.5, 0.6) is 0 Å². The Balaban J connectivity index is 2.66. The second-order valence-electron chi connectivity index (χ2n) is 3.84. The van der Waals surface area contributed by atoms with Gasteiger partial charge in [0, 0.05) is 40.6 Å². The fourth-order valence-electron chi connectivity index (χ4n) is 1.27. The van der Waals surface area contributed by atoms with E-state index in [4.69, 9.17) is 0 Å². The van der Waals surface area contributed by atoms with Gasteiger partial charge in [-0.2, -0.15) is 0 Å². The first-order chi connectivity index (χ1) is 7.52. The molecule has 1 aromatic rings. The lowest BCUT2D eigenvalue weighted by atomic mass is 10.3. The van der Waals surface area contributed by atoms with Crippen LogP contribution in [-0.2, 0) is 17.2 Å². The van der Waals surface area contributed by atoms with Gasteiger partial charge in [-0.05, 0) is 20.3 Å². The molecule has 90 valence electrons. The second-order valence-corrected chi connectivity index (χ2v) is 5.64. The van der Waals surface area contributed by atoms with Crippen LogP contribution in [-0.4, -0.2) is 32.2 Å². The van der Waals surface area contributed by atoms with E-state index in [0.29, 0.717) is 6.54 Å². The van der Waals surface area contributed by atoms with Crippen molar-refractivity contribution < 1.29 is 4.21 Å². The number of nitrogens with zero attached hydrogens (tertiary/aromatic N) is 2. The van der Waals surface area contributed by atoms with Gasteiger partial charge in [-0.15, -0.1) is 0 Å². The molecule has 0 fully saturated rings. The van der Waals surface area contributed by atoms with Crippen LogP contribution in [0, 0.1) is 6.92 Å². The predicted molar refractivity (Wildman–Crippen MR) is 68.2 cm³/mol. The molecule has 0 saturated carbocycles. The summed E-state index contributed by atoms with van der Waals surface area (Å²) < 4.78 is 11.2. The van der Waals surface area contributed by atoms with Crippen molar-refractivity contribution in [2.24, 2.45) is 0 Å². The summed E-state index contributed by atoms with van der Waals surface area (Å²) in [5, 5.41) is 3.32. The minimum atomic E-state index is -0.802. The van der Waals surface area contributed by atoms with Crippen LogP contribution in [0.1, 0.15) is 25.4 Å². The summed E-state index contributed by atoms with van der Waals surface area (Å²) in [6, 6.07) is 1.94. The Morgan fingerprint density at radius 2 is 2.19 bits per heavy atom. The Hall–Kier alpha value is -0.970. The standard InChI is InChI=1S/C11H19N3OS/c1-5-10-6-11(14-9(3)13-10)12-7-8(2)16(4)15/h6,8H,5,7H2,1-4H3,(H,12,13,14). The molecule has 1 aromatic heterocycles. The summed E-state index contributed by atoms with van der Waals surface area (Å²) >= 11 is 0. The Bertz CT molecular complexity index is 381. The molecule has 4 nitrogen and oxygen atoms in total. The fraction of sp³-hybridized carbons (Fsp3) is 0.636. The third-order valence-corrected chi connectivity index (χ3v) is 3.69. The van der Waals surface area contributed by atoms with E-state index < -0.39 is 10.8 Å². The van der Waals surface area contributed by atoms with E-state index in [1.807, 2.05) is 19.9 Å². The minimum Gasteiger partial charge on any atom is -0.369 e. The van der Waals surface area contributed by atoms with Gasteiger partial charge in [0.1, 0.15) is 11.6 Å². The molecule has 1 rings (SSSR count). The molecule has 0 spiro atoms. The minimum absolute atomic E-state index is 0.125. The van der Waals surface area contributed by atoms with Crippen molar-refractivity contribution in [3.63, 3.8) is 0 Å². The second kappa shape index (κ2) is 5.94. The van der Waals surface area contributed by atoms with E-state index in [9.17, 15) is 4.21 Å². The molecule has 1 N–H and O–H groups in total. The summed E-state index contributed by atoms with van der Waals surface area (Å²) in [7, 11) is -0.802. The molecule has 1 heterocycles. The van der Waals surface area contributed by atoms with Gasteiger partial charge in [0.25, 0.3) is 0 Å². The molecule has 0 aliphatic heterocycles. The largest absolute Gasteiger partial charge is 0.369 e. The molecule has 0 saturated heterocycles. The molecule has 16 heavy (non-hydrogen) atoms. The zero-order chi connectivity index (χ0) is 12.1. The maximum atomic E-state index is 11.2. The quantitative estimate of drug-likeness (QED) is 0.849. The number of aryl methyl sites for hydroxylation is 2. The van der Waals surface area contributed by atoms with Gasteiger partial charge in [0.15, 0.2) is 0 Å². The maximum absolute atomic E-state index is 11.2. The van der Waals surface area contributed by atoms with Crippen LogP contribution in [0.2, 0.25) is 0 Å². The van der Waals surface area contributed by atoms with E-state index in [-0.39, 0.29) is 5.25 Å². The third-order valence-electron chi connectivity index (χ3n) is 2.39. The van der Waals surface area contributed by atoms with Gasteiger partial charge < -0.3 is 5.32 Å². The van der Waals surface area contributed by atoms with Crippen LogP contribution < -0.4 is 5.32 Å². The predicted octanol–water partition coefficient (Wildman–Crippen LogP) is 1.53. The highest BCUT2D eigenvalue weighted by Gasteiger charge is 2.06. The van der Waals surface area contributed by atoms with Crippen molar-refractivity contribution >= 4 is 16.6 Å². The zero-order valence-corrected chi connectivity index (χ0v) is 11.1. The lowest BCUT2D eigenvalue weighted by Crippen LogP contribution is -2.21. The maximum Gasteiger partial charge on any atom is 0.129 e. The van der Waals surface area contributed by atoms with E-state index >= 15 is 0 Å². The van der Waals surface area contributed by atoms with Crippen LogP contribution in [0.25, 0.3) is 0 Å². The summed E-state index contributed by atoms with van der Waals surface area (Å²) in [6.45, 7) is 6.57. The fourth-order valence-corrected chi connectivity index (χ4v) is 1.58. The molecule has 2 unspecified atom stereocenters. The average Bonchev–Trinajstić information content (AvgIpc) is 2.24. The van der Waals surface area contributed by atoms with Gasteiger partial charge >= 0.3 is 0 Å². The van der Waals surface area contributed by atoms with Crippen molar-refractivity contribution in [3.8, 4) is 0 Å². The lowest BCUT2D eigenvalue weighted by molar-refractivity contribution is 0.678. The highest BCUT2D eigenvalue weighted by molar-refractivity contribution is 7.84. The molecule has 5 heteroatoms. The first kappa shape index (κ1) is 13.1. The van der Waals surface area contributed by atoms with Gasteiger partial charge in [0.2, 0.25) is 0 Å². The number of anilines is 1. The van der Waals surface area contributed by atoms with Gasteiger partial charge in [-0.1, -0.05) is 6.92 Å². The first-order valence-electron chi connectivity index (χ1n) is 5.43. The molecule has 0 aliphatic carbocycles. The van der Waals surface area contributed by atoms with Crippen molar-refractivity contribution in [2.45, 2.75) is 32.4 Å². The van der Waals surface area contributed by atoms with Crippen molar-refractivity contribution in [3.05, 3.63) is 17.6 Å². The lowest BCUT2D eigenvalue weighted by Gasteiger charge is -2.11. The number of aromatic nitrogens is 2. The number of hydrogen-bond donors (Lipinski definition) is 1. The SMILES string of the molecule is CCc1cc(NCC(C)S(C)=O)nc(C)n1. The third kappa shape index (κ3) is 3.89. The van der Waals surface area contributed by atoms with Gasteiger partial charge in [-0.25, -0.2) is 9.97 Å². The van der Waals surface area contributed by atoms with E-state index in [1.165, 1.54) is 0 Å². The van der Waals surface area contributed by atoms with Gasteiger partial charge in [-0.3, -0.25) is 4.21 Å². The summed E-state index contributed by atoms with van der Waals surface area (Å²) in [6.07, 6.45) is 2.61. The van der Waals surface area contributed by atoms with Crippen LogP contribution in [0.3, 0.4) is 0 Å². The zero-order valence-electron chi connectivity index (χ0n) is 10.3. The highest BCUT2D eigenvalue weighted by Crippen LogP contribution is 2.07. The molecular formula is C11H19N3OS. The smallest absolute Gasteiger partial charge is 0.129 e.